The van der Waals surface area contributed by atoms with Gasteiger partial charge >= 0.3 is 0 Å². The fraction of sp³-hybridized carbons (Fsp3) is 0. The van der Waals surface area contributed by atoms with Crippen molar-refractivity contribution in [2.45, 2.75) is 0 Å². The van der Waals surface area contributed by atoms with Gasteiger partial charge in [-0.05, 0) is 124 Å². The van der Waals surface area contributed by atoms with E-state index in [0.717, 1.165) is 22.1 Å². The van der Waals surface area contributed by atoms with Gasteiger partial charge in [0, 0.05) is 28.9 Å². The quantitative estimate of drug-likeness (QED) is 0.154. The van der Waals surface area contributed by atoms with Crippen molar-refractivity contribution in [2.75, 3.05) is 0 Å². The molecule has 0 amide bonds. The lowest BCUT2D eigenvalue weighted by Gasteiger charge is -2.18. The molecule has 0 fully saturated rings. The molecule has 0 aliphatic carbocycles. The molecule has 2 aromatic heterocycles. The van der Waals surface area contributed by atoms with E-state index < -0.39 is 0 Å². The van der Waals surface area contributed by atoms with Crippen LogP contribution in [-0.4, -0.2) is 9.55 Å². The highest BCUT2D eigenvalue weighted by Crippen LogP contribution is 2.44. The first-order valence-corrected chi connectivity index (χ1v) is 20.9. The summed E-state index contributed by atoms with van der Waals surface area (Å²) in [5, 5.41) is 9.86. The van der Waals surface area contributed by atoms with Crippen molar-refractivity contribution in [3.8, 4) is 61.3 Å². The molecular formula is C59H38N2. The molecule has 2 heteroatoms. The maximum absolute atomic E-state index is 4.56. The van der Waals surface area contributed by atoms with Gasteiger partial charge in [-0.2, -0.15) is 0 Å². The first kappa shape index (κ1) is 34.9. The minimum atomic E-state index is 1.13. The van der Waals surface area contributed by atoms with Crippen molar-refractivity contribution < 1.29 is 0 Å². The summed E-state index contributed by atoms with van der Waals surface area (Å²) in [6.45, 7) is 0. The minimum Gasteiger partial charge on any atom is -0.309 e. The van der Waals surface area contributed by atoms with Crippen LogP contribution in [0.25, 0.3) is 115 Å². The molecule has 12 rings (SSSR count). The summed E-state index contributed by atoms with van der Waals surface area (Å²) >= 11 is 0. The number of pyridine rings is 1. The molecule has 10 aromatic carbocycles. The second kappa shape index (κ2) is 14.3. The highest BCUT2D eigenvalue weighted by atomic mass is 15.0. The first-order chi connectivity index (χ1) is 30.2. The van der Waals surface area contributed by atoms with Gasteiger partial charge in [-0.15, -0.1) is 0 Å². The lowest BCUT2D eigenvalue weighted by molar-refractivity contribution is 1.17. The third kappa shape index (κ3) is 5.92. The second-order valence-electron chi connectivity index (χ2n) is 15.9. The molecule has 0 saturated heterocycles. The molecule has 12 aromatic rings. The average Bonchev–Trinajstić information content (AvgIpc) is 3.67. The molecule has 2 nitrogen and oxygen atoms in total. The third-order valence-electron chi connectivity index (χ3n) is 12.5. The van der Waals surface area contributed by atoms with Crippen LogP contribution in [0.5, 0.6) is 0 Å². The summed E-state index contributed by atoms with van der Waals surface area (Å²) in [4.78, 5) is 4.56. The molecule has 0 N–H and O–H groups in total. The van der Waals surface area contributed by atoms with Gasteiger partial charge in [-0.25, -0.2) is 0 Å². The molecule has 0 radical (unpaired) electrons. The number of hydrogen-bond donors (Lipinski definition) is 0. The van der Waals surface area contributed by atoms with Crippen molar-refractivity contribution in [3.63, 3.8) is 0 Å². The smallest absolute Gasteiger partial charge is 0.0571 e. The normalized spacial score (nSPS) is 11.6. The Hall–Kier alpha value is -8.07. The second-order valence-corrected chi connectivity index (χ2v) is 15.9. The van der Waals surface area contributed by atoms with Crippen LogP contribution < -0.4 is 0 Å². The van der Waals surface area contributed by atoms with Crippen molar-refractivity contribution in [1.29, 1.82) is 0 Å². The predicted octanol–water partition coefficient (Wildman–Crippen LogP) is 16.0. The molecule has 284 valence electrons. The summed E-state index contributed by atoms with van der Waals surface area (Å²) in [7, 11) is 0. The molecule has 0 unspecified atom stereocenters. The zero-order chi connectivity index (χ0) is 40.3. The Bertz CT molecular complexity index is 3540. The van der Waals surface area contributed by atoms with Crippen LogP contribution in [0.3, 0.4) is 0 Å². The predicted molar refractivity (Wildman–Crippen MR) is 258 cm³/mol. The number of aromatic nitrogens is 2. The van der Waals surface area contributed by atoms with Gasteiger partial charge in [0.2, 0.25) is 0 Å². The topological polar surface area (TPSA) is 17.8 Å². The summed E-state index contributed by atoms with van der Waals surface area (Å²) in [6, 6.07) is 79.7. The van der Waals surface area contributed by atoms with Crippen molar-refractivity contribution in [2.24, 2.45) is 0 Å². The maximum Gasteiger partial charge on any atom is 0.0571 e. The van der Waals surface area contributed by atoms with E-state index >= 15 is 0 Å². The van der Waals surface area contributed by atoms with Gasteiger partial charge in [-0.1, -0.05) is 182 Å². The lowest BCUT2D eigenvalue weighted by Crippen LogP contribution is -1.94. The van der Waals surface area contributed by atoms with E-state index in [-0.39, 0.29) is 0 Å². The molecule has 0 saturated carbocycles. The van der Waals surface area contributed by atoms with E-state index in [1.165, 1.54) is 93.3 Å². The fourth-order valence-electron chi connectivity index (χ4n) is 9.54. The number of nitrogens with zero attached hydrogens (tertiary/aromatic N) is 2. The van der Waals surface area contributed by atoms with Gasteiger partial charge in [-0.3, -0.25) is 4.98 Å². The summed E-state index contributed by atoms with van der Waals surface area (Å²) in [6.07, 6.45) is 3.89. The summed E-state index contributed by atoms with van der Waals surface area (Å²) in [5.74, 6) is 0. The Balaban J connectivity index is 0.921. The molecular weight excluding hydrogens is 737 g/mol. The first-order valence-electron chi connectivity index (χ1n) is 20.9. The molecule has 0 spiro atoms. The number of hydrogen-bond acceptors (Lipinski definition) is 1. The van der Waals surface area contributed by atoms with Crippen LogP contribution in [-0.2, 0) is 0 Å². The largest absolute Gasteiger partial charge is 0.309 e. The van der Waals surface area contributed by atoms with Gasteiger partial charge in [0.15, 0.2) is 0 Å². The van der Waals surface area contributed by atoms with Gasteiger partial charge < -0.3 is 4.57 Å². The highest BCUT2D eigenvalue weighted by molar-refractivity contribution is 6.21. The van der Waals surface area contributed by atoms with E-state index in [9.17, 15) is 0 Å². The SMILES string of the molecule is c1ccc(-c2ccc(-n3c4ccncc4c4cc(-c5ccc(-c6c7ccccc7c(-c7ccc(-c8ccc9ccccc9c8)cc7)c7ccccc67)cc5)ccc43)cc2)cc1. The third-order valence-corrected chi connectivity index (χ3v) is 12.5. The maximum atomic E-state index is 4.56. The monoisotopic (exact) mass is 774 g/mol. The van der Waals surface area contributed by atoms with E-state index in [0.29, 0.717) is 0 Å². The zero-order valence-corrected chi connectivity index (χ0v) is 33.3. The van der Waals surface area contributed by atoms with Gasteiger partial charge in [0.1, 0.15) is 0 Å². The van der Waals surface area contributed by atoms with E-state index in [1.807, 2.05) is 12.4 Å². The van der Waals surface area contributed by atoms with Crippen LogP contribution in [0, 0.1) is 0 Å². The molecule has 0 aliphatic heterocycles. The van der Waals surface area contributed by atoms with Crippen LogP contribution in [0.4, 0.5) is 0 Å². The Morgan fingerprint density at radius 3 is 1.34 bits per heavy atom. The Morgan fingerprint density at radius 1 is 0.279 bits per heavy atom. The van der Waals surface area contributed by atoms with Crippen LogP contribution in [0.15, 0.2) is 231 Å². The molecule has 2 heterocycles. The molecule has 0 aliphatic rings. The fourth-order valence-corrected chi connectivity index (χ4v) is 9.54. The van der Waals surface area contributed by atoms with Crippen LogP contribution in [0.2, 0.25) is 0 Å². The Morgan fingerprint density at radius 2 is 0.721 bits per heavy atom. The number of rotatable bonds is 6. The molecule has 61 heavy (non-hydrogen) atoms. The molecule has 0 bridgehead atoms. The van der Waals surface area contributed by atoms with E-state index in [1.54, 1.807) is 0 Å². The highest BCUT2D eigenvalue weighted by Gasteiger charge is 2.18. The van der Waals surface area contributed by atoms with Crippen molar-refractivity contribution >= 4 is 54.1 Å². The van der Waals surface area contributed by atoms with Crippen molar-refractivity contribution in [1.82, 2.24) is 9.55 Å². The number of fused-ring (bicyclic) bond motifs is 6. The standard InChI is InChI=1S/C59H38N2/c1-2-10-39(11-3-1)41-28-31-49(32-29-41)61-56-33-30-48(37-54(56)55-38-60-35-34-57(55)61)43-20-25-45(26-21-43)59-52-16-8-6-14-50(52)58(51-15-7-9-17-53(51)59)44-23-18-42(19-24-44)47-27-22-40-12-4-5-13-46(40)36-47/h1-38H. The zero-order valence-electron chi connectivity index (χ0n) is 33.3. The van der Waals surface area contributed by atoms with E-state index in [2.05, 4.69) is 228 Å². The van der Waals surface area contributed by atoms with Crippen LogP contribution in [0.1, 0.15) is 0 Å². The average molecular weight is 775 g/mol. The lowest BCUT2D eigenvalue weighted by atomic mass is 9.85. The number of benzene rings is 10. The van der Waals surface area contributed by atoms with Gasteiger partial charge in [0.25, 0.3) is 0 Å². The summed E-state index contributed by atoms with van der Waals surface area (Å²) < 4.78 is 2.35. The summed E-state index contributed by atoms with van der Waals surface area (Å²) in [5.41, 5.74) is 15.6. The molecule has 0 atom stereocenters. The Kier molecular flexibility index (Phi) is 8.21. The van der Waals surface area contributed by atoms with Crippen molar-refractivity contribution in [3.05, 3.63) is 231 Å². The van der Waals surface area contributed by atoms with Crippen LogP contribution >= 0.6 is 0 Å². The van der Waals surface area contributed by atoms with Gasteiger partial charge in [0.05, 0.1) is 11.0 Å². The minimum absolute atomic E-state index is 1.13. The Labute approximate surface area is 354 Å². The van der Waals surface area contributed by atoms with E-state index in [4.69, 9.17) is 0 Å².